The van der Waals surface area contributed by atoms with Gasteiger partial charge in [0.2, 0.25) is 5.91 Å². The van der Waals surface area contributed by atoms with Gasteiger partial charge in [-0.3, -0.25) is 4.79 Å². The second-order valence-corrected chi connectivity index (χ2v) is 2.83. The van der Waals surface area contributed by atoms with Crippen molar-refractivity contribution in [3.8, 4) is 0 Å². The maximum Gasteiger partial charge on any atom is 0.246 e. The maximum absolute atomic E-state index is 10.9. The Morgan fingerprint density at radius 3 is 3.23 bits per heavy atom. The zero-order chi connectivity index (χ0) is 9.26. The smallest absolute Gasteiger partial charge is 0.246 e. The van der Waals surface area contributed by atoms with Crippen molar-refractivity contribution in [3.05, 3.63) is 29.5 Å². The number of nitrogens with two attached hydrogens (primary N) is 1. The zero-order valence-corrected chi connectivity index (χ0v) is 6.95. The highest BCUT2D eigenvalue weighted by molar-refractivity contribution is 5.99. The number of carbonyl (C=O) groups excluding carboxylic acids is 1. The second-order valence-electron chi connectivity index (χ2n) is 2.83. The van der Waals surface area contributed by atoms with E-state index in [0.717, 1.165) is 11.4 Å². The van der Waals surface area contributed by atoms with E-state index in [1.807, 2.05) is 12.1 Å². The Kier molecular flexibility index (Phi) is 1.73. The highest BCUT2D eigenvalue weighted by Crippen LogP contribution is 2.19. The Bertz CT molecular complexity index is 384. The van der Waals surface area contributed by atoms with Crippen molar-refractivity contribution in [1.29, 1.82) is 0 Å². The largest absolute Gasteiger partial charge is 0.366 e. The molecule has 1 aromatic heterocycles. The van der Waals surface area contributed by atoms with E-state index in [0.29, 0.717) is 12.1 Å². The Labute approximate surface area is 75.5 Å². The summed E-state index contributed by atoms with van der Waals surface area (Å²) in [5.74, 6) is 0.412. The summed E-state index contributed by atoms with van der Waals surface area (Å²) in [7, 11) is 0. The predicted octanol–water partition coefficient (Wildman–Crippen LogP) is 0.376. The molecule has 0 atom stereocenters. The molecule has 0 unspecified atom stereocenters. The Hall–Kier alpha value is -1.84. The summed E-state index contributed by atoms with van der Waals surface area (Å²) in [6.45, 7) is 0.458. The molecule has 1 aliphatic rings. The van der Waals surface area contributed by atoms with Crippen molar-refractivity contribution in [2.75, 3.05) is 11.9 Å². The number of nitrogens with one attached hydrogen (secondary N) is 1. The molecule has 0 radical (unpaired) electrons. The van der Waals surface area contributed by atoms with Gasteiger partial charge in [-0.05, 0) is 18.2 Å². The first-order valence-electron chi connectivity index (χ1n) is 3.96. The second kappa shape index (κ2) is 2.90. The Morgan fingerprint density at radius 1 is 1.62 bits per heavy atom. The van der Waals surface area contributed by atoms with Crippen LogP contribution in [-0.4, -0.2) is 17.4 Å². The van der Waals surface area contributed by atoms with Crippen LogP contribution in [0.4, 0.5) is 5.82 Å². The molecule has 2 rings (SSSR count). The van der Waals surface area contributed by atoms with E-state index in [-0.39, 0.29) is 5.91 Å². The molecule has 0 spiro atoms. The van der Waals surface area contributed by atoms with Gasteiger partial charge in [-0.25, -0.2) is 4.98 Å². The first kappa shape index (κ1) is 7.79. The lowest BCUT2D eigenvalue weighted by Crippen LogP contribution is -2.23. The van der Waals surface area contributed by atoms with E-state index in [2.05, 4.69) is 10.3 Å². The molecule has 0 saturated carbocycles. The number of aromatic nitrogens is 1. The average Bonchev–Trinajstić information content (AvgIpc) is 2.17. The standard InChI is InChI=1S/C9H9N3O/c10-8(13)7-4-6-2-1-3-11-9(6)12-5-7/h1-4H,5H2,(H2,10,13)(H,11,12). The molecule has 1 aromatic rings. The highest BCUT2D eigenvalue weighted by atomic mass is 16.1. The minimum atomic E-state index is -0.387. The fourth-order valence-corrected chi connectivity index (χ4v) is 1.26. The molecule has 0 aromatic carbocycles. The fraction of sp³-hybridized carbons (Fsp3) is 0.111. The Morgan fingerprint density at radius 2 is 2.46 bits per heavy atom. The molecule has 0 bridgehead atoms. The summed E-state index contributed by atoms with van der Waals surface area (Å²) in [6.07, 6.45) is 3.47. The third kappa shape index (κ3) is 1.38. The van der Waals surface area contributed by atoms with E-state index in [1.165, 1.54) is 0 Å². The number of amides is 1. The summed E-state index contributed by atoms with van der Waals surface area (Å²) in [5.41, 5.74) is 6.65. The van der Waals surface area contributed by atoms with Gasteiger partial charge in [0.15, 0.2) is 0 Å². The summed E-state index contributed by atoms with van der Waals surface area (Å²) >= 11 is 0. The number of hydrogen-bond acceptors (Lipinski definition) is 3. The molecule has 4 heteroatoms. The normalized spacial score (nSPS) is 14.0. The zero-order valence-electron chi connectivity index (χ0n) is 6.95. The van der Waals surface area contributed by atoms with E-state index >= 15 is 0 Å². The van der Waals surface area contributed by atoms with Gasteiger partial charge in [0, 0.05) is 23.9 Å². The molecule has 0 aliphatic carbocycles. The van der Waals surface area contributed by atoms with Gasteiger partial charge in [0.25, 0.3) is 0 Å². The van der Waals surface area contributed by atoms with Crippen LogP contribution in [0.2, 0.25) is 0 Å². The SMILES string of the molecule is NC(=O)C1=Cc2cccnc2NC1. The summed E-state index contributed by atoms with van der Waals surface area (Å²) in [4.78, 5) is 15.0. The van der Waals surface area contributed by atoms with Crippen molar-refractivity contribution in [2.24, 2.45) is 5.73 Å². The van der Waals surface area contributed by atoms with Crippen LogP contribution >= 0.6 is 0 Å². The van der Waals surface area contributed by atoms with Gasteiger partial charge in [-0.1, -0.05) is 0 Å². The van der Waals surface area contributed by atoms with Gasteiger partial charge in [0.05, 0.1) is 0 Å². The number of fused-ring (bicyclic) bond motifs is 1. The number of anilines is 1. The van der Waals surface area contributed by atoms with Crippen LogP contribution in [0, 0.1) is 0 Å². The monoisotopic (exact) mass is 175 g/mol. The average molecular weight is 175 g/mol. The van der Waals surface area contributed by atoms with Crippen molar-refractivity contribution in [1.82, 2.24) is 4.98 Å². The molecule has 4 nitrogen and oxygen atoms in total. The van der Waals surface area contributed by atoms with Crippen LogP contribution in [0.15, 0.2) is 23.9 Å². The van der Waals surface area contributed by atoms with Crippen LogP contribution in [0.5, 0.6) is 0 Å². The van der Waals surface area contributed by atoms with Crippen LogP contribution in [0.25, 0.3) is 6.08 Å². The van der Waals surface area contributed by atoms with Gasteiger partial charge in [-0.15, -0.1) is 0 Å². The van der Waals surface area contributed by atoms with E-state index < -0.39 is 0 Å². The molecule has 3 N–H and O–H groups in total. The van der Waals surface area contributed by atoms with E-state index in [9.17, 15) is 4.79 Å². The first-order chi connectivity index (χ1) is 6.27. The minimum absolute atomic E-state index is 0.387. The van der Waals surface area contributed by atoms with Crippen molar-refractivity contribution in [3.63, 3.8) is 0 Å². The lowest BCUT2D eigenvalue weighted by Gasteiger charge is -2.14. The lowest BCUT2D eigenvalue weighted by atomic mass is 10.1. The predicted molar refractivity (Wildman–Crippen MR) is 49.9 cm³/mol. The molecule has 1 amide bonds. The molecule has 1 aliphatic heterocycles. The van der Waals surface area contributed by atoms with Crippen LogP contribution in [0.1, 0.15) is 5.56 Å². The fourth-order valence-electron chi connectivity index (χ4n) is 1.26. The lowest BCUT2D eigenvalue weighted by molar-refractivity contribution is -0.114. The number of carbonyl (C=O) groups is 1. The summed E-state index contributed by atoms with van der Waals surface area (Å²) in [5, 5.41) is 3.01. The van der Waals surface area contributed by atoms with Crippen molar-refractivity contribution >= 4 is 17.8 Å². The molecular weight excluding hydrogens is 166 g/mol. The van der Waals surface area contributed by atoms with Crippen LogP contribution < -0.4 is 11.1 Å². The van der Waals surface area contributed by atoms with Gasteiger partial charge < -0.3 is 11.1 Å². The molecule has 0 fully saturated rings. The van der Waals surface area contributed by atoms with Crippen molar-refractivity contribution < 1.29 is 4.79 Å². The third-order valence-corrected chi connectivity index (χ3v) is 1.93. The van der Waals surface area contributed by atoms with Crippen molar-refractivity contribution in [2.45, 2.75) is 0 Å². The van der Waals surface area contributed by atoms with E-state index in [1.54, 1.807) is 12.3 Å². The molecule has 2 heterocycles. The topological polar surface area (TPSA) is 68.0 Å². The Balaban J connectivity index is 2.44. The molecule has 13 heavy (non-hydrogen) atoms. The van der Waals surface area contributed by atoms with Gasteiger partial charge in [0.1, 0.15) is 5.82 Å². The molecular formula is C9H9N3O. The highest BCUT2D eigenvalue weighted by Gasteiger charge is 2.12. The summed E-state index contributed by atoms with van der Waals surface area (Å²) in [6, 6.07) is 3.71. The van der Waals surface area contributed by atoms with Crippen LogP contribution in [-0.2, 0) is 4.79 Å². The van der Waals surface area contributed by atoms with Gasteiger partial charge >= 0.3 is 0 Å². The number of primary amides is 1. The number of nitrogens with zero attached hydrogens (tertiary/aromatic N) is 1. The number of hydrogen-bond donors (Lipinski definition) is 2. The molecule has 66 valence electrons. The number of rotatable bonds is 1. The van der Waals surface area contributed by atoms with Gasteiger partial charge in [-0.2, -0.15) is 0 Å². The minimum Gasteiger partial charge on any atom is -0.366 e. The number of pyridine rings is 1. The van der Waals surface area contributed by atoms with Crippen LogP contribution in [0.3, 0.4) is 0 Å². The molecule has 0 saturated heterocycles. The maximum atomic E-state index is 10.9. The third-order valence-electron chi connectivity index (χ3n) is 1.93. The summed E-state index contributed by atoms with van der Waals surface area (Å²) < 4.78 is 0. The van der Waals surface area contributed by atoms with E-state index in [4.69, 9.17) is 5.73 Å². The quantitative estimate of drug-likeness (QED) is 0.648. The first-order valence-corrected chi connectivity index (χ1v) is 3.96.